The Balaban J connectivity index is 1.78. The number of rotatable bonds is 12. The number of carbonyl (C=O) groups excluding carboxylic acids is 2. The molecule has 0 fully saturated rings. The number of hydrogen-bond acceptors (Lipinski definition) is 4. The Morgan fingerprint density at radius 3 is 2.09 bits per heavy atom. The van der Waals surface area contributed by atoms with Crippen molar-refractivity contribution in [3.63, 3.8) is 0 Å². The number of likely N-dealkylation sites (N-methyl/N-ethyl adjacent to an activating group) is 1. The lowest BCUT2D eigenvalue weighted by Gasteiger charge is -2.33. The van der Waals surface area contributed by atoms with Crippen LogP contribution in [0.2, 0.25) is 5.02 Å². The lowest BCUT2D eigenvalue weighted by atomic mass is 10.0. The zero-order valence-corrected chi connectivity index (χ0v) is 25.5. The third-order valence-corrected chi connectivity index (χ3v) is 8.93. The van der Waals surface area contributed by atoms with Gasteiger partial charge in [0.2, 0.25) is 11.8 Å². The van der Waals surface area contributed by atoms with E-state index >= 15 is 0 Å². The van der Waals surface area contributed by atoms with E-state index in [1.165, 1.54) is 53.4 Å². The molecule has 4 rings (SSSR count). The van der Waals surface area contributed by atoms with E-state index in [1.807, 2.05) is 37.3 Å². The molecule has 1 N–H and O–H groups in total. The molecule has 0 radical (unpaired) electrons. The summed E-state index contributed by atoms with van der Waals surface area (Å²) in [5.74, 6) is -1.44. The number of aryl methyl sites for hydroxylation is 1. The zero-order valence-electron chi connectivity index (χ0n) is 23.9. The molecule has 0 aromatic heterocycles. The second-order valence-electron chi connectivity index (χ2n) is 10.0. The molecule has 0 aliphatic rings. The molecule has 0 heterocycles. The molecule has 0 saturated heterocycles. The second-order valence-corrected chi connectivity index (χ2v) is 12.3. The summed E-state index contributed by atoms with van der Waals surface area (Å²) < 4.78 is 42.7. The zero-order chi connectivity index (χ0) is 31.0. The Bertz CT molecular complexity index is 1630. The van der Waals surface area contributed by atoms with Crippen LogP contribution in [0.1, 0.15) is 23.6 Å². The van der Waals surface area contributed by atoms with Crippen LogP contribution in [0.3, 0.4) is 0 Å². The number of amides is 2. The third kappa shape index (κ3) is 8.21. The van der Waals surface area contributed by atoms with Gasteiger partial charge in [-0.25, -0.2) is 12.8 Å². The van der Waals surface area contributed by atoms with Crippen molar-refractivity contribution >= 4 is 39.1 Å². The Morgan fingerprint density at radius 2 is 1.49 bits per heavy atom. The minimum Gasteiger partial charge on any atom is -0.355 e. The lowest BCUT2D eigenvalue weighted by Crippen LogP contribution is -2.53. The number of nitrogens with one attached hydrogen (secondary N) is 1. The van der Waals surface area contributed by atoms with Crippen molar-refractivity contribution in [2.75, 3.05) is 17.4 Å². The highest BCUT2D eigenvalue weighted by atomic mass is 35.5. The normalized spacial score (nSPS) is 11.9. The van der Waals surface area contributed by atoms with E-state index in [0.29, 0.717) is 17.1 Å². The predicted molar refractivity (Wildman–Crippen MR) is 167 cm³/mol. The summed E-state index contributed by atoms with van der Waals surface area (Å²) >= 11 is 6.09. The van der Waals surface area contributed by atoms with Gasteiger partial charge in [-0.05, 0) is 73.5 Å². The molecule has 1 atom stereocenters. The van der Waals surface area contributed by atoms with E-state index in [1.54, 1.807) is 31.2 Å². The number of anilines is 1. The first-order valence-electron chi connectivity index (χ1n) is 13.8. The van der Waals surface area contributed by atoms with Gasteiger partial charge in [0.15, 0.2) is 0 Å². The molecule has 0 spiro atoms. The first-order chi connectivity index (χ1) is 20.6. The Hall–Kier alpha value is -4.21. The van der Waals surface area contributed by atoms with Gasteiger partial charge < -0.3 is 10.2 Å². The Kier molecular flexibility index (Phi) is 10.6. The molecule has 0 aliphatic carbocycles. The molecule has 4 aromatic carbocycles. The molecule has 1 unspecified atom stereocenters. The Morgan fingerprint density at radius 1 is 0.860 bits per heavy atom. The number of nitrogens with zero attached hydrogens (tertiary/aromatic N) is 2. The van der Waals surface area contributed by atoms with Crippen LogP contribution in [-0.2, 0) is 32.6 Å². The smallest absolute Gasteiger partial charge is 0.264 e. The lowest BCUT2D eigenvalue weighted by molar-refractivity contribution is -0.140. The Labute approximate surface area is 257 Å². The fraction of sp³-hybridized carbons (Fsp3) is 0.212. The summed E-state index contributed by atoms with van der Waals surface area (Å²) in [5.41, 5.74) is 2.51. The fourth-order valence-corrected chi connectivity index (χ4v) is 6.15. The second kappa shape index (κ2) is 14.3. The van der Waals surface area contributed by atoms with Gasteiger partial charge in [-0.15, -0.1) is 0 Å². The van der Waals surface area contributed by atoms with E-state index in [-0.39, 0.29) is 29.5 Å². The molecule has 2 amide bonds. The quantitative estimate of drug-likeness (QED) is 0.218. The van der Waals surface area contributed by atoms with Crippen molar-refractivity contribution in [2.45, 2.75) is 37.8 Å². The number of hydrogen-bond donors (Lipinski definition) is 1. The average Bonchev–Trinajstić information content (AvgIpc) is 3.00. The number of sulfonamides is 1. The molecule has 224 valence electrons. The molecule has 43 heavy (non-hydrogen) atoms. The highest BCUT2D eigenvalue weighted by Gasteiger charge is 2.34. The standard InChI is InChI=1S/C33H33ClFN3O4S/c1-3-36-33(40)31(21-25-7-5-4-6-8-25)37(22-26-11-15-28(35)16-12-26)32(39)23-38(29-17-13-27(34)14-18-29)43(41,42)30-19-9-24(2)10-20-30/h4-20,31H,3,21-23H2,1-2H3,(H,36,40). The van der Waals surface area contributed by atoms with E-state index in [9.17, 15) is 22.4 Å². The van der Waals surface area contributed by atoms with Gasteiger partial charge in [-0.2, -0.15) is 0 Å². The van der Waals surface area contributed by atoms with Crippen LogP contribution in [0, 0.1) is 12.7 Å². The monoisotopic (exact) mass is 621 g/mol. The molecule has 0 aliphatic heterocycles. The summed E-state index contributed by atoms with van der Waals surface area (Å²) in [5, 5.41) is 3.21. The van der Waals surface area contributed by atoms with Crippen molar-refractivity contribution < 1.29 is 22.4 Å². The largest absolute Gasteiger partial charge is 0.355 e. The van der Waals surface area contributed by atoms with Crippen molar-refractivity contribution in [3.8, 4) is 0 Å². The van der Waals surface area contributed by atoms with Gasteiger partial charge in [-0.3, -0.25) is 13.9 Å². The van der Waals surface area contributed by atoms with E-state index in [2.05, 4.69) is 5.32 Å². The number of benzene rings is 4. The number of carbonyl (C=O) groups is 2. The van der Waals surface area contributed by atoms with Gasteiger partial charge in [-0.1, -0.05) is 71.8 Å². The van der Waals surface area contributed by atoms with E-state index in [4.69, 9.17) is 11.6 Å². The van der Waals surface area contributed by atoms with Crippen LogP contribution in [0.25, 0.3) is 0 Å². The van der Waals surface area contributed by atoms with Crippen molar-refractivity contribution in [1.29, 1.82) is 0 Å². The summed E-state index contributed by atoms with van der Waals surface area (Å²) in [4.78, 5) is 29.1. The van der Waals surface area contributed by atoms with Gasteiger partial charge in [0, 0.05) is 24.5 Å². The van der Waals surface area contributed by atoms with Crippen LogP contribution < -0.4 is 9.62 Å². The third-order valence-electron chi connectivity index (χ3n) is 6.89. The maximum absolute atomic E-state index is 14.3. The topological polar surface area (TPSA) is 86.8 Å². The van der Waals surface area contributed by atoms with Crippen LogP contribution in [0.15, 0.2) is 108 Å². The average molecular weight is 622 g/mol. The fourth-order valence-electron chi connectivity index (χ4n) is 4.61. The number of halogens is 2. The summed E-state index contributed by atoms with van der Waals surface area (Å²) in [6, 6.07) is 26.4. The molecule has 4 aromatic rings. The SMILES string of the molecule is CCNC(=O)C(Cc1ccccc1)N(Cc1ccc(F)cc1)C(=O)CN(c1ccc(Cl)cc1)S(=O)(=O)c1ccc(C)cc1. The molecule has 7 nitrogen and oxygen atoms in total. The van der Waals surface area contributed by atoms with Crippen molar-refractivity contribution in [2.24, 2.45) is 0 Å². The molecule has 0 bridgehead atoms. The maximum atomic E-state index is 14.3. The van der Waals surface area contributed by atoms with Gasteiger partial charge in [0.05, 0.1) is 10.6 Å². The van der Waals surface area contributed by atoms with Gasteiger partial charge >= 0.3 is 0 Å². The molecular weight excluding hydrogens is 589 g/mol. The van der Waals surface area contributed by atoms with Crippen LogP contribution in [0.4, 0.5) is 10.1 Å². The highest BCUT2D eigenvalue weighted by molar-refractivity contribution is 7.92. The maximum Gasteiger partial charge on any atom is 0.264 e. The van der Waals surface area contributed by atoms with Crippen LogP contribution in [0.5, 0.6) is 0 Å². The summed E-state index contributed by atoms with van der Waals surface area (Å²) in [6.45, 7) is 3.32. The first-order valence-corrected chi connectivity index (χ1v) is 15.6. The first kappa shape index (κ1) is 31.7. The molecule has 10 heteroatoms. The molecule has 0 saturated carbocycles. The van der Waals surface area contributed by atoms with Gasteiger partial charge in [0.25, 0.3) is 10.0 Å². The van der Waals surface area contributed by atoms with Crippen LogP contribution in [-0.4, -0.2) is 44.3 Å². The summed E-state index contributed by atoms with van der Waals surface area (Å²) in [6.07, 6.45) is 0.186. The van der Waals surface area contributed by atoms with Crippen molar-refractivity contribution in [3.05, 3.63) is 131 Å². The van der Waals surface area contributed by atoms with E-state index < -0.39 is 34.3 Å². The van der Waals surface area contributed by atoms with Crippen LogP contribution >= 0.6 is 11.6 Å². The predicted octanol–water partition coefficient (Wildman–Crippen LogP) is 5.76. The minimum absolute atomic E-state index is 0.00972. The summed E-state index contributed by atoms with van der Waals surface area (Å²) in [7, 11) is -4.21. The van der Waals surface area contributed by atoms with Crippen molar-refractivity contribution in [1.82, 2.24) is 10.2 Å². The molecular formula is C33H33ClFN3O4S. The minimum atomic E-state index is -4.21. The highest BCUT2D eigenvalue weighted by Crippen LogP contribution is 2.26. The van der Waals surface area contributed by atoms with Gasteiger partial charge in [0.1, 0.15) is 18.4 Å². The van der Waals surface area contributed by atoms with E-state index in [0.717, 1.165) is 15.4 Å².